The number of amides is 1. The van der Waals surface area contributed by atoms with Crippen molar-refractivity contribution in [2.45, 2.75) is 44.0 Å². The minimum absolute atomic E-state index is 0.102. The van der Waals surface area contributed by atoms with E-state index in [0.717, 1.165) is 19.4 Å². The molecule has 0 bridgehead atoms. The summed E-state index contributed by atoms with van der Waals surface area (Å²) in [6, 6.07) is 0. The lowest BCUT2D eigenvalue weighted by Crippen LogP contribution is -2.51. The van der Waals surface area contributed by atoms with Crippen LogP contribution < -0.4 is 0 Å². The maximum absolute atomic E-state index is 12.0. The van der Waals surface area contributed by atoms with Gasteiger partial charge in [0.15, 0.2) is 0 Å². The lowest BCUT2D eigenvalue weighted by Gasteiger charge is -2.38. The number of hydrogen-bond donors (Lipinski definition) is 1. The molecular formula is C11H20BrNO2. The molecule has 0 spiro atoms. The third kappa shape index (κ3) is 3.45. The van der Waals surface area contributed by atoms with Crippen LogP contribution in [-0.2, 0) is 4.79 Å². The average Bonchev–Trinajstić information content (AvgIpc) is 2.13. The first-order chi connectivity index (χ1) is 6.83. The molecule has 1 fully saturated rings. The molecule has 0 aromatic carbocycles. The van der Waals surface area contributed by atoms with Gasteiger partial charge in [0.05, 0.1) is 10.4 Å². The second-order valence-electron chi connectivity index (χ2n) is 5.01. The Morgan fingerprint density at radius 2 is 2.13 bits per heavy atom. The maximum Gasteiger partial charge on any atom is 0.236 e. The van der Waals surface area contributed by atoms with Gasteiger partial charge in [0.2, 0.25) is 5.91 Å². The highest BCUT2D eigenvalue weighted by molar-refractivity contribution is 9.10. The van der Waals surface area contributed by atoms with E-state index in [-0.39, 0.29) is 16.7 Å². The van der Waals surface area contributed by atoms with E-state index >= 15 is 0 Å². The largest absolute Gasteiger partial charge is 0.388 e. The van der Waals surface area contributed by atoms with E-state index in [4.69, 9.17) is 0 Å². The van der Waals surface area contributed by atoms with Crippen molar-refractivity contribution in [3.05, 3.63) is 0 Å². The van der Waals surface area contributed by atoms with Gasteiger partial charge in [0.25, 0.3) is 0 Å². The minimum atomic E-state index is -0.711. The van der Waals surface area contributed by atoms with Gasteiger partial charge in [-0.3, -0.25) is 4.79 Å². The number of alkyl halides is 1. The molecule has 1 N–H and O–H groups in total. The number of carbonyl (C=O) groups excluding carboxylic acids is 1. The molecule has 88 valence electrons. The summed E-state index contributed by atoms with van der Waals surface area (Å²) >= 11 is 3.41. The number of piperidine rings is 1. The number of rotatable bonds is 2. The Hall–Kier alpha value is -0.0900. The van der Waals surface area contributed by atoms with Crippen LogP contribution in [0, 0.1) is 5.92 Å². The SMILES string of the molecule is CC(C)C(Br)C(=O)N1CCCC(C)(O)C1. The molecule has 4 heteroatoms. The van der Waals surface area contributed by atoms with Crippen LogP contribution in [-0.4, -0.2) is 39.4 Å². The highest BCUT2D eigenvalue weighted by Crippen LogP contribution is 2.23. The molecule has 1 aliphatic rings. The zero-order valence-corrected chi connectivity index (χ0v) is 11.2. The zero-order chi connectivity index (χ0) is 11.6. The summed E-state index contributed by atoms with van der Waals surface area (Å²) in [7, 11) is 0. The summed E-state index contributed by atoms with van der Waals surface area (Å²) in [5.41, 5.74) is -0.711. The smallest absolute Gasteiger partial charge is 0.236 e. The average molecular weight is 278 g/mol. The summed E-state index contributed by atoms with van der Waals surface area (Å²) in [5.74, 6) is 0.384. The van der Waals surface area contributed by atoms with E-state index in [0.29, 0.717) is 6.54 Å². The van der Waals surface area contributed by atoms with Crippen LogP contribution in [0.15, 0.2) is 0 Å². The maximum atomic E-state index is 12.0. The Bertz CT molecular complexity index is 241. The Kier molecular flexibility index (Phi) is 4.18. The molecule has 2 unspecified atom stereocenters. The van der Waals surface area contributed by atoms with Crippen LogP contribution in [0.4, 0.5) is 0 Å². The van der Waals surface area contributed by atoms with Crippen LogP contribution in [0.3, 0.4) is 0 Å². The van der Waals surface area contributed by atoms with Crippen molar-refractivity contribution in [1.82, 2.24) is 4.90 Å². The van der Waals surface area contributed by atoms with Crippen LogP contribution >= 0.6 is 15.9 Å². The number of nitrogens with zero attached hydrogens (tertiary/aromatic N) is 1. The molecule has 15 heavy (non-hydrogen) atoms. The second-order valence-corrected chi connectivity index (χ2v) is 5.99. The number of carbonyl (C=O) groups is 1. The molecular weight excluding hydrogens is 258 g/mol. The van der Waals surface area contributed by atoms with Gasteiger partial charge in [-0.25, -0.2) is 0 Å². The third-order valence-electron chi connectivity index (χ3n) is 2.81. The summed E-state index contributed by atoms with van der Waals surface area (Å²) in [6.07, 6.45) is 1.67. The topological polar surface area (TPSA) is 40.5 Å². The van der Waals surface area contributed by atoms with Gasteiger partial charge in [-0.2, -0.15) is 0 Å². The van der Waals surface area contributed by atoms with Crippen molar-refractivity contribution in [2.24, 2.45) is 5.92 Å². The molecule has 0 aromatic heterocycles. The van der Waals surface area contributed by atoms with E-state index in [1.807, 2.05) is 13.8 Å². The van der Waals surface area contributed by atoms with Gasteiger partial charge in [-0.1, -0.05) is 29.8 Å². The van der Waals surface area contributed by atoms with Gasteiger partial charge >= 0.3 is 0 Å². The molecule has 0 saturated carbocycles. The van der Waals surface area contributed by atoms with Crippen molar-refractivity contribution in [3.8, 4) is 0 Å². The predicted octanol–water partition coefficient (Wildman–Crippen LogP) is 1.78. The molecule has 1 amide bonds. The summed E-state index contributed by atoms with van der Waals surface area (Å²) in [4.78, 5) is 13.6. The first-order valence-corrected chi connectivity index (χ1v) is 6.40. The summed E-state index contributed by atoms with van der Waals surface area (Å²) in [5, 5.41) is 9.90. The fourth-order valence-electron chi connectivity index (χ4n) is 1.87. The number of aliphatic hydroxyl groups is 1. The number of likely N-dealkylation sites (tertiary alicyclic amines) is 1. The van der Waals surface area contributed by atoms with Gasteiger partial charge in [0.1, 0.15) is 0 Å². The quantitative estimate of drug-likeness (QED) is 0.782. The highest BCUT2D eigenvalue weighted by Gasteiger charge is 2.33. The van der Waals surface area contributed by atoms with Crippen LogP contribution in [0.2, 0.25) is 0 Å². The van der Waals surface area contributed by atoms with Gasteiger partial charge in [-0.15, -0.1) is 0 Å². The lowest BCUT2D eigenvalue weighted by atomic mass is 9.94. The Morgan fingerprint density at radius 3 is 2.60 bits per heavy atom. The number of halogens is 1. The van der Waals surface area contributed by atoms with Crippen molar-refractivity contribution >= 4 is 21.8 Å². The molecule has 0 radical (unpaired) electrons. The molecule has 2 atom stereocenters. The van der Waals surface area contributed by atoms with Crippen LogP contribution in [0.1, 0.15) is 33.6 Å². The van der Waals surface area contributed by atoms with E-state index in [9.17, 15) is 9.90 Å². The predicted molar refractivity (Wildman–Crippen MR) is 64.0 cm³/mol. The lowest BCUT2D eigenvalue weighted by molar-refractivity contribution is -0.137. The molecule has 3 nitrogen and oxygen atoms in total. The van der Waals surface area contributed by atoms with Gasteiger partial charge in [0, 0.05) is 13.1 Å². The monoisotopic (exact) mass is 277 g/mol. The first-order valence-electron chi connectivity index (χ1n) is 5.49. The third-order valence-corrected chi connectivity index (χ3v) is 4.26. The van der Waals surface area contributed by atoms with Gasteiger partial charge < -0.3 is 10.0 Å². The number of β-amino-alcohol motifs (C(OH)–C–C–N with tert-alkyl or cyclic N) is 1. The molecule has 1 saturated heterocycles. The Labute approximate surface area is 100.0 Å². The fraction of sp³-hybridized carbons (Fsp3) is 0.909. The zero-order valence-electron chi connectivity index (χ0n) is 9.66. The van der Waals surface area contributed by atoms with Gasteiger partial charge in [-0.05, 0) is 25.7 Å². The molecule has 0 aliphatic carbocycles. The summed E-state index contributed by atoms with van der Waals surface area (Å²) in [6.45, 7) is 7.05. The minimum Gasteiger partial charge on any atom is -0.388 e. The van der Waals surface area contributed by atoms with Crippen molar-refractivity contribution in [1.29, 1.82) is 0 Å². The van der Waals surface area contributed by atoms with Crippen molar-refractivity contribution < 1.29 is 9.90 Å². The first kappa shape index (κ1) is 13.0. The number of hydrogen-bond acceptors (Lipinski definition) is 2. The van der Waals surface area contributed by atoms with E-state index in [1.54, 1.807) is 11.8 Å². The molecule has 1 heterocycles. The fourth-order valence-corrected chi connectivity index (χ4v) is 2.16. The highest BCUT2D eigenvalue weighted by atomic mass is 79.9. The molecule has 1 rings (SSSR count). The normalized spacial score (nSPS) is 29.3. The van der Waals surface area contributed by atoms with Crippen LogP contribution in [0.5, 0.6) is 0 Å². The van der Waals surface area contributed by atoms with E-state index in [2.05, 4.69) is 15.9 Å². The van der Waals surface area contributed by atoms with E-state index in [1.165, 1.54) is 0 Å². The molecule has 0 aromatic rings. The Balaban J connectivity index is 2.60. The van der Waals surface area contributed by atoms with Crippen LogP contribution in [0.25, 0.3) is 0 Å². The standard InChI is InChI=1S/C11H20BrNO2/c1-8(2)9(12)10(14)13-6-4-5-11(3,15)7-13/h8-9,15H,4-7H2,1-3H3. The molecule has 1 aliphatic heterocycles. The Morgan fingerprint density at radius 1 is 1.53 bits per heavy atom. The van der Waals surface area contributed by atoms with Crippen molar-refractivity contribution in [3.63, 3.8) is 0 Å². The second kappa shape index (κ2) is 4.83. The summed E-state index contributed by atoms with van der Waals surface area (Å²) < 4.78 is 0. The van der Waals surface area contributed by atoms with E-state index < -0.39 is 5.60 Å². The van der Waals surface area contributed by atoms with Crippen molar-refractivity contribution in [2.75, 3.05) is 13.1 Å².